The second-order valence-electron chi connectivity index (χ2n) is 9.14. The van der Waals surface area contributed by atoms with Crippen molar-refractivity contribution < 1.29 is 9.53 Å². The van der Waals surface area contributed by atoms with E-state index in [1.54, 1.807) is 15.7 Å². The lowest BCUT2D eigenvalue weighted by atomic mass is 10.0. The van der Waals surface area contributed by atoms with E-state index in [2.05, 4.69) is 6.07 Å². The zero-order chi connectivity index (χ0) is 26.3. The number of rotatable bonds is 7. The predicted molar refractivity (Wildman–Crippen MR) is 149 cm³/mol. The Morgan fingerprint density at radius 3 is 2.53 bits per heavy atom. The van der Waals surface area contributed by atoms with Crippen molar-refractivity contribution in [3.05, 3.63) is 107 Å². The van der Waals surface area contributed by atoms with E-state index in [-0.39, 0.29) is 11.5 Å². The van der Waals surface area contributed by atoms with Crippen LogP contribution in [0.25, 0.3) is 23.0 Å². The molecule has 1 aliphatic heterocycles. The van der Waals surface area contributed by atoms with Gasteiger partial charge in [-0.3, -0.25) is 4.79 Å². The first kappa shape index (κ1) is 25.3. The van der Waals surface area contributed by atoms with Crippen LogP contribution in [0.2, 0.25) is 5.02 Å². The van der Waals surface area contributed by atoms with Crippen LogP contribution in [0.4, 0.5) is 0 Å². The number of para-hydroxylation sites is 1. The molecule has 7 heteroatoms. The topological polar surface area (TPSA) is 71.1 Å². The monoisotopic (exact) mass is 522 g/mol. The van der Waals surface area contributed by atoms with Gasteiger partial charge in [0.25, 0.3) is 5.91 Å². The van der Waals surface area contributed by atoms with Crippen LogP contribution in [0, 0.1) is 11.3 Å². The van der Waals surface area contributed by atoms with Crippen LogP contribution in [0.1, 0.15) is 30.4 Å². The molecule has 1 saturated heterocycles. The molecule has 3 aromatic carbocycles. The Labute approximate surface area is 227 Å². The molecule has 4 aromatic rings. The number of nitriles is 1. The van der Waals surface area contributed by atoms with Crippen LogP contribution in [0.3, 0.4) is 0 Å². The third-order valence-corrected chi connectivity index (χ3v) is 6.89. The molecule has 0 unspecified atom stereocenters. The molecule has 0 aliphatic carbocycles. The normalized spacial score (nSPS) is 13.7. The van der Waals surface area contributed by atoms with Gasteiger partial charge < -0.3 is 9.64 Å². The number of aromatic nitrogens is 2. The number of hydrogen-bond donors (Lipinski definition) is 0. The summed E-state index contributed by atoms with van der Waals surface area (Å²) < 4.78 is 7.80. The van der Waals surface area contributed by atoms with Crippen molar-refractivity contribution in [3.63, 3.8) is 0 Å². The highest BCUT2D eigenvalue weighted by Gasteiger charge is 2.22. The molecule has 0 spiro atoms. The van der Waals surface area contributed by atoms with E-state index >= 15 is 0 Å². The maximum Gasteiger partial charge on any atom is 0.264 e. The van der Waals surface area contributed by atoms with Crippen molar-refractivity contribution in [2.75, 3.05) is 13.1 Å². The number of benzene rings is 3. The second-order valence-corrected chi connectivity index (χ2v) is 9.55. The number of carbonyl (C=O) groups is 1. The maximum atomic E-state index is 13.1. The molecule has 1 aromatic heterocycles. The summed E-state index contributed by atoms with van der Waals surface area (Å²) in [5, 5.41) is 15.4. The van der Waals surface area contributed by atoms with E-state index < -0.39 is 0 Å². The Hall–Kier alpha value is -4.34. The summed E-state index contributed by atoms with van der Waals surface area (Å²) in [5.74, 6) is 0.430. The highest BCUT2D eigenvalue weighted by molar-refractivity contribution is 6.31. The highest BCUT2D eigenvalue weighted by Crippen LogP contribution is 2.29. The van der Waals surface area contributed by atoms with Gasteiger partial charge in [-0.05, 0) is 55.7 Å². The Bertz CT molecular complexity index is 1500. The van der Waals surface area contributed by atoms with Crippen LogP contribution in [0.5, 0.6) is 5.75 Å². The number of hydrogen-bond acceptors (Lipinski definition) is 4. The first-order valence-electron chi connectivity index (χ1n) is 12.6. The van der Waals surface area contributed by atoms with Crippen LogP contribution >= 0.6 is 11.6 Å². The lowest BCUT2D eigenvalue weighted by molar-refractivity contribution is -0.127. The summed E-state index contributed by atoms with van der Waals surface area (Å²) >= 11 is 6.29. The molecule has 0 N–H and O–H groups in total. The van der Waals surface area contributed by atoms with Crippen LogP contribution < -0.4 is 4.74 Å². The number of nitrogens with zero attached hydrogens (tertiary/aromatic N) is 4. The number of piperidine rings is 1. The summed E-state index contributed by atoms with van der Waals surface area (Å²) in [7, 11) is 0. The third-order valence-electron chi connectivity index (χ3n) is 6.52. The Kier molecular flexibility index (Phi) is 7.86. The minimum absolute atomic E-state index is 0.104. The van der Waals surface area contributed by atoms with Crippen LogP contribution in [-0.4, -0.2) is 33.7 Å². The number of halogens is 1. The molecule has 1 aliphatic rings. The van der Waals surface area contributed by atoms with E-state index in [4.69, 9.17) is 21.4 Å². The number of amides is 1. The fourth-order valence-electron chi connectivity index (χ4n) is 4.50. The number of ether oxygens (including phenoxy) is 1. The fraction of sp³-hybridized carbons (Fsp3) is 0.194. The third kappa shape index (κ3) is 5.80. The van der Waals surface area contributed by atoms with Crippen molar-refractivity contribution in [1.82, 2.24) is 14.7 Å². The molecular formula is C31H27ClN4O2. The molecule has 6 nitrogen and oxygen atoms in total. The van der Waals surface area contributed by atoms with E-state index in [1.165, 1.54) is 0 Å². The van der Waals surface area contributed by atoms with E-state index in [1.807, 2.05) is 85.1 Å². The van der Waals surface area contributed by atoms with Crippen molar-refractivity contribution in [2.24, 2.45) is 0 Å². The van der Waals surface area contributed by atoms with Gasteiger partial charge in [0.15, 0.2) is 0 Å². The molecule has 1 amide bonds. The zero-order valence-electron chi connectivity index (χ0n) is 20.9. The van der Waals surface area contributed by atoms with Gasteiger partial charge in [-0.1, -0.05) is 60.1 Å². The van der Waals surface area contributed by atoms with E-state index in [9.17, 15) is 10.1 Å². The Balaban J connectivity index is 1.50. The molecule has 0 radical (unpaired) electrons. The predicted octanol–water partition coefficient (Wildman–Crippen LogP) is 6.69. The van der Waals surface area contributed by atoms with Gasteiger partial charge in [-0.2, -0.15) is 10.4 Å². The molecule has 0 atom stereocenters. The molecule has 38 heavy (non-hydrogen) atoms. The van der Waals surface area contributed by atoms with E-state index in [0.717, 1.165) is 36.1 Å². The van der Waals surface area contributed by atoms with Gasteiger partial charge in [0.05, 0.1) is 5.69 Å². The summed E-state index contributed by atoms with van der Waals surface area (Å²) in [6.45, 7) is 1.69. The molecular weight excluding hydrogens is 496 g/mol. The second kappa shape index (κ2) is 11.8. The summed E-state index contributed by atoms with van der Waals surface area (Å²) in [6.07, 6.45) is 6.53. The minimum atomic E-state index is -0.234. The lowest BCUT2D eigenvalue weighted by Gasteiger charge is -2.26. The Morgan fingerprint density at radius 2 is 1.76 bits per heavy atom. The average molecular weight is 523 g/mol. The molecule has 0 bridgehead atoms. The summed E-state index contributed by atoms with van der Waals surface area (Å²) in [5.41, 5.74) is 4.01. The molecule has 0 saturated carbocycles. The first-order chi connectivity index (χ1) is 18.6. The van der Waals surface area contributed by atoms with Crippen molar-refractivity contribution in [3.8, 4) is 28.8 Å². The standard InChI is InChI=1S/C31H27ClN4O2/c32-29-15-6-5-10-24(29)22-38-28-14-9-11-23(19-28)30-26(21-36(34-30)27-12-3-1-4-13-27)18-25(20-33)31(37)35-16-7-2-8-17-35/h1,3-6,9-15,18-19,21H,2,7-8,16-17,22H2. The van der Waals surface area contributed by atoms with Gasteiger partial charge in [-0.25, -0.2) is 4.68 Å². The maximum absolute atomic E-state index is 13.1. The Morgan fingerprint density at radius 1 is 1.00 bits per heavy atom. The van der Waals surface area contributed by atoms with Crippen molar-refractivity contribution in [1.29, 1.82) is 5.26 Å². The van der Waals surface area contributed by atoms with Gasteiger partial charge >= 0.3 is 0 Å². The SMILES string of the molecule is N#CC(=Cc1cn(-c2ccccc2)nc1-c1cccc(OCc2ccccc2Cl)c1)C(=O)N1CCCCC1. The van der Waals surface area contributed by atoms with Crippen molar-refractivity contribution >= 4 is 23.6 Å². The zero-order valence-corrected chi connectivity index (χ0v) is 21.6. The average Bonchev–Trinajstić information content (AvgIpc) is 3.40. The molecule has 1 fully saturated rings. The highest BCUT2D eigenvalue weighted by atomic mass is 35.5. The largest absolute Gasteiger partial charge is 0.489 e. The molecule has 190 valence electrons. The first-order valence-corrected chi connectivity index (χ1v) is 13.0. The number of likely N-dealkylation sites (tertiary alicyclic amines) is 1. The summed E-state index contributed by atoms with van der Waals surface area (Å²) in [6, 6.07) is 27.1. The van der Waals surface area contributed by atoms with E-state index in [0.29, 0.717) is 41.7 Å². The van der Waals surface area contributed by atoms with Crippen LogP contribution in [-0.2, 0) is 11.4 Å². The smallest absolute Gasteiger partial charge is 0.264 e. The summed E-state index contributed by atoms with van der Waals surface area (Å²) in [4.78, 5) is 14.9. The van der Waals surface area contributed by atoms with Gasteiger partial charge in [-0.15, -0.1) is 0 Å². The fourth-order valence-corrected chi connectivity index (χ4v) is 4.69. The van der Waals surface area contributed by atoms with Gasteiger partial charge in [0, 0.05) is 41.0 Å². The molecule has 5 rings (SSSR count). The van der Waals surface area contributed by atoms with Crippen LogP contribution in [0.15, 0.2) is 90.6 Å². The van der Waals surface area contributed by atoms with Gasteiger partial charge in [0.1, 0.15) is 29.7 Å². The van der Waals surface area contributed by atoms with Crippen molar-refractivity contribution in [2.45, 2.75) is 25.9 Å². The number of carbonyl (C=O) groups excluding carboxylic acids is 1. The minimum Gasteiger partial charge on any atom is -0.489 e. The molecule has 2 heterocycles. The quantitative estimate of drug-likeness (QED) is 0.200. The lowest BCUT2D eigenvalue weighted by Crippen LogP contribution is -2.36. The van der Waals surface area contributed by atoms with Gasteiger partial charge in [0.2, 0.25) is 0 Å².